The smallest absolute Gasteiger partial charge is 0.338 e. The summed E-state index contributed by atoms with van der Waals surface area (Å²) in [6.07, 6.45) is 2.64. The van der Waals surface area contributed by atoms with Crippen molar-refractivity contribution in [3.8, 4) is 11.4 Å². The van der Waals surface area contributed by atoms with Crippen LogP contribution >= 0.6 is 0 Å². The molecule has 0 aliphatic rings. The fraction of sp³-hybridized carbons (Fsp3) is 0.0833. The van der Waals surface area contributed by atoms with E-state index in [2.05, 4.69) is 9.94 Å². The molecule has 0 atom stereocenters. The summed E-state index contributed by atoms with van der Waals surface area (Å²) in [5.74, 6) is -0.582. The zero-order chi connectivity index (χ0) is 13.1. The predicted molar refractivity (Wildman–Crippen MR) is 63.3 cm³/mol. The molecule has 0 fully saturated rings. The number of carbonyl (C=O) groups is 1. The lowest BCUT2D eigenvalue weighted by molar-refractivity contribution is 0.0697. The standard InChI is InChI=1S/C12H9N3O3/c1-13-9-3-4-10(11(5-9)18-2)15-7-8(6-14-15)12(16)17/h3-7H,2H3,(H,16,17). The second-order valence-corrected chi connectivity index (χ2v) is 3.45. The molecule has 0 aliphatic heterocycles. The maximum Gasteiger partial charge on any atom is 0.338 e. The highest BCUT2D eigenvalue weighted by atomic mass is 16.5. The van der Waals surface area contributed by atoms with E-state index in [0.717, 1.165) is 0 Å². The van der Waals surface area contributed by atoms with E-state index < -0.39 is 5.97 Å². The molecule has 18 heavy (non-hydrogen) atoms. The minimum atomic E-state index is -1.04. The average Bonchev–Trinajstić information content (AvgIpc) is 2.87. The van der Waals surface area contributed by atoms with Crippen molar-refractivity contribution in [2.24, 2.45) is 0 Å². The Labute approximate surface area is 103 Å². The number of aromatic nitrogens is 2. The van der Waals surface area contributed by atoms with Crippen LogP contribution in [0.5, 0.6) is 5.75 Å². The molecule has 0 aliphatic carbocycles. The average molecular weight is 243 g/mol. The van der Waals surface area contributed by atoms with Crippen LogP contribution in [0, 0.1) is 6.57 Å². The van der Waals surface area contributed by atoms with E-state index in [1.165, 1.54) is 24.2 Å². The van der Waals surface area contributed by atoms with Gasteiger partial charge in [0.15, 0.2) is 5.69 Å². The van der Waals surface area contributed by atoms with Crippen molar-refractivity contribution >= 4 is 11.7 Å². The Morgan fingerprint density at radius 3 is 2.89 bits per heavy atom. The number of hydrogen-bond donors (Lipinski definition) is 1. The van der Waals surface area contributed by atoms with Crippen LogP contribution in [0.1, 0.15) is 10.4 Å². The SMILES string of the molecule is [C-]#[N+]c1ccc(-n2cc(C(=O)O)cn2)c(OC)c1. The molecular weight excluding hydrogens is 234 g/mol. The molecule has 0 spiro atoms. The molecular formula is C12H9N3O3. The van der Waals surface area contributed by atoms with Gasteiger partial charge in [0.05, 0.1) is 25.4 Å². The number of benzene rings is 1. The van der Waals surface area contributed by atoms with Gasteiger partial charge in [-0.3, -0.25) is 0 Å². The Bertz CT molecular complexity index is 640. The van der Waals surface area contributed by atoms with Crippen LogP contribution < -0.4 is 4.74 Å². The summed E-state index contributed by atoms with van der Waals surface area (Å²) in [6, 6.07) is 4.85. The first kappa shape index (κ1) is 11.7. The van der Waals surface area contributed by atoms with Crippen molar-refractivity contribution in [2.75, 3.05) is 7.11 Å². The number of hydrogen-bond acceptors (Lipinski definition) is 3. The number of carboxylic acids is 1. The fourth-order valence-electron chi connectivity index (χ4n) is 1.49. The number of nitrogens with zero attached hydrogens (tertiary/aromatic N) is 3. The molecule has 1 aromatic carbocycles. The van der Waals surface area contributed by atoms with Crippen molar-refractivity contribution in [1.82, 2.24) is 9.78 Å². The fourth-order valence-corrected chi connectivity index (χ4v) is 1.49. The van der Waals surface area contributed by atoms with E-state index in [9.17, 15) is 4.79 Å². The van der Waals surface area contributed by atoms with Crippen LogP contribution in [-0.2, 0) is 0 Å². The predicted octanol–water partition coefficient (Wildman–Crippen LogP) is 2.13. The third-order valence-electron chi connectivity index (χ3n) is 2.37. The van der Waals surface area contributed by atoms with Crippen molar-refractivity contribution < 1.29 is 14.6 Å². The van der Waals surface area contributed by atoms with E-state index in [1.54, 1.807) is 18.2 Å². The molecule has 0 amide bonds. The second-order valence-electron chi connectivity index (χ2n) is 3.45. The van der Waals surface area contributed by atoms with E-state index in [0.29, 0.717) is 17.1 Å². The monoisotopic (exact) mass is 243 g/mol. The molecule has 0 saturated heterocycles. The Morgan fingerprint density at radius 2 is 2.33 bits per heavy atom. The minimum Gasteiger partial charge on any atom is -0.496 e. The summed E-state index contributed by atoms with van der Waals surface area (Å²) < 4.78 is 6.56. The quantitative estimate of drug-likeness (QED) is 0.838. The largest absolute Gasteiger partial charge is 0.496 e. The third kappa shape index (κ3) is 2.01. The highest BCUT2D eigenvalue weighted by Crippen LogP contribution is 2.27. The molecule has 1 heterocycles. The van der Waals surface area contributed by atoms with Gasteiger partial charge < -0.3 is 9.84 Å². The van der Waals surface area contributed by atoms with Gasteiger partial charge in [-0.1, -0.05) is 6.07 Å². The van der Waals surface area contributed by atoms with Gasteiger partial charge in [-0.2, -0.15) is 5.10 Å². The Morgan fingerprint density at radius 1 is 1.56 bits per heavy atom. The first-order valence-corrected chi connectivity index (χ1v) is 4.99. The maximum absolute atomic E-state index is 10.8. The molecule has 0 radical (unpaired) electrons. The highest BCUT2D eigenvalue weighted by molar-refractivity contribution is 5.87. The van der Waals surface area contributed by atoms with Gasteiger partial charge in [-0.15, -0.1) is 0 Å². The molecule has 0 unspecified atom stereocenters. The van der Waals surface area contributed by atoms with Gasteiger partial charge in [-0.05, 0) is 12.1 Å². The van der Waals surface area contributed by atoms with Crippen LogP contribution in [0.3, 0.4) is 0 Å². The van der Waals surface area contributed by atoms with E-state index in [1.807, 2.05) is 0 Å². The molecule has 90 valence electrons. The van der Waals surface area contributed by atoms with Gasteiger partial charge in [0.2, 0.25) is 0 Å². The third-order valence-corrected chi connectivity index (χ3v) is 2.37. The molecule has 6 heteroatoms. The van der Waals surface area contributed by atoms with Crippen LogP contribution in [0.2, 0.25) is 0 Å². The number of methoxy groups -OCH3 is 1. The van der Waals surface area contributed by atoms with Crippen molar-refractivity contribution in [3.05, 3.63) is 47.6 Å². The molecule has 0 saturated carbocycles. The molecule has 1 aromatic heterocycles. The van der Waals surface area contributed by atoms with Crippen molar-refractivity contribution in [2.45, 2.75) is 0 Å². The molecule has 0 bridgehead atoms. The lowest BCUT2D eigenvalue weighted by atomic mass is 10.2. The van der Waals surface area contributed by atoms with E-state index in [4.69, 9.17) is 16.4 Å². The Kier molecular flexibility index (Phi) is 2.98. The second kappa shape index (κ2) is 4.59. The normalized spacial score (nSPS) is 9.78. The van der Waals surface area contributed by atoms with Gasteiger partial charge in [0.1, 0.15) is 11.4 Å². The maximum atomic E-state index is 10.8. The van der Waals surface area contributed by atoms with Crippen LogP contribution in [-0.4, -0.2) is 28.0 Å². The zero-order valence-electron chi connectivity index (χ0n) is 9.49. The summed E-state index contributed by atoms with van der Waals surface area (Å²) in [6.45, 7) is 6.92. The van der Waals surface area contributed by atoms with Crippen LogP contribution in [0.15, 0.2) is 30.6 Å². The number of aromatic carboxylic acids is 1. The Hall–Kier alpha value is -2.81. The van der Waals surface area contributed by atoms with Crippen molar-refractivity contribution in [1.29, 1.82) is 0 Å². The first-order chi connectivity index (χ1) is 8.65. The molecule has 6 nitrogen and oxygen atoms in total. The van der Waals surface area contributed by atoms with Crippen LogP contribution in [0.4, 0.5) is 5.69 Å². The topological polar surface area (TPSA) is 68.7 Å². The molecule has 2 aromatic rings. The summed E-state index contributed by atoms with van der Waals surface area (Å²) >= 11 is 0. The molecule has 2 rings (SSSR count). The summed E-state index contributed by atoms with van der Waals surface area (Å²) in [7, 11) is 1.48. The molecule has 1 N–H and O–H groups in total. The van der Waals surface area contributed by atoms with Gasteiger partial charge in [-0.25, -0.2) is 14.3 Å². The highest BCUT2D eigenvalue weighted by Gasteiger charge is 2.11. The zero-order valence-corrected chi connectivity index (χ0v) is 9.49. The lowest BCUT2D eigenvalue weighted by Crippen LogP contribution is -1.98. The number of carboxylic acid groups (broad SMARTS) is 1. The minimum absolute atomic E-state index is 0.0892. The van der Waals surface area contributed by atoms with Gasteiger partial charge in [0, 0.05) is 6.20 Å². The van der Waals surface area contributed by atoms with Crippen molar-refractivity contribution in [3.63, 3.8) is 0 Å². The van der Waals surface area contributed by atoms with E-state index >= 15 is 0 Å². The van der Waals surface area contributed by atoms with Crippen LogP contribution in [0.25, 0.3) is 10.5 Å². The van der Waals surface area contributed by atoms with Gasteiger partial charge in [0.25, 0.3) is 0 Å². The number of rotatable bonds is 3. The van der Waals surface area contributed by atoms with E-state index in [-0.39, 0.29) is 5.56 Å². The summed E-state index contributed by atoms with van der Waals surface area (Å²) in [4.78, 5) is 14.1. The Balaban J connectivity index is 2.49. The summed E-state index contributed by atoms with van der Waals surface area (Å²) in [5, 5.41) is 12.8. The van der Waals surface area contributed by atoms with Gasteiger partial charge >= 0.3 is 5.97 Å². The summed E-state index contributed by atoms with van der Waals surface area (Å²) in [5.41, 5.74) is 1.12. The lowest BCUT2D eigenvalue weighted by Gasteiger charge is -2.08. The number of ether oxygens (including phenoxy) is 1. The first-order valence-electron chi connectivity index (χ1n) is 4.99.